The lowest BCUT2D eigenvalue weighted by Gasteiger charge is -2.31. The maximum atomic E-state index is 5.93. The topological polar surface area (TPSA) is 90.7 Å². The van der Waals surface area contributed by atoms with Crippen molar-refractivity contribution in [2.75, 3.05) is 6.54 Å². The fraction of sp³-hybridized carbons (Fsp3) is 0.500. The Balaban J connectivity index is 3.08. The summed E-state index contributed by atoms with van der Waals surface area (Å²) in [5, 5.41) is 0. The van der Waals surface area contributed by atoms with Gasteiger partial charge in [-0.15, -0.1) is 0 Å². The Bertz CT molecular complexity index is 302. The molecule has 0 bridgehead atoms. The predicted molar refractivity (Wildman–Crippen MR) is 55.0 cm³/mol. The fourth-order valence-corrected chi connectivity index (χ4v) is 1.15. The van der Waals surface area contributed by atoms with Gasteiger partial charge in [0.2, 0.25) is 4.33 Å². The molecule has 14 heavy (non-hydrogen) atoms. The molecule has 1 aromatic heterocycles. The highest BCUT2D eigenvalue weighted by Crippen LogP contribution is 2.42. The summed E-state index contributed by atoms with van der Waals surface area (Å²) in [5.41, 5.74) is 10.9. The van der Waals surface area contributed by atoms with Gasteiger partial charge in [-0.05, 0) is 0 Å². The molecular weight excluding hydrogens is 248 g/mol. The van der Waals surface area contributed by atoms with Crippen LogP contribution >= 0.6 is 34.8 Å². The predicted octanol–water partition coefficient (Wildman–Crippen LogP) is 0.354. The Morgan fingerprint density at radius 2 is 1.71 bits per heavy atom. The summed E-state index contributed by atoms with van der Waals surface area (Å²) in [6.07, 6.45) is 2.48. The molecule has 0 spiro atoms. The Morgan fingerprint density at radius 3 is 2.14 bits per heavy atom. The summed E-state index contributed by atoms with van der Waals surface area (Å²) in [6, 6.07) is 0. The van der Waals surface area contributed by atoms with E-state index in [0.29, 0.717) is 0 Å². The Hall–Kier alpha value is -0.200. The molecule has 0 aliphatic carbocycles. The number of rotatable bonds is 3. The molecule has 0 amide bonds. The summed E-state index contributed by atoms with van der Waals surface area (Å²) in [5.74, 6) is 0.0683. The molecule has 1 rings (SSSR count). The van der Waals surface area contributed by atoms with E-state index in [0.717, 1.165) is 0 Å². The quantitative estimate of drug-likeness (QED) is 0.602. The third-order valence-electron chi connectivity index (χ3n) is 1.59. The average molecular weight is 257 g/mol. The van der Waals surface area contributed by atoms with Crippen molar-refractivity contribution < 1.29 is 0 Å². The van der Waals surface area contributed by atoms with Crippen LogP contribution in [-0.2, 0) is 4.33 Å². The van der Waals surface area contributed by atoms with Gasteiger partial charge in [0.25, 0.3) is 0 Å². The van der Waals surface area contributed by atoms with E-state index in [9.17, 15) is 0 Å². The van der Waals surface area contributed by atoms with Gasteiger partial charge in [0, 0.05) is 6.54 Å². The maximum Gasteiger partial charge on any atom is 0.209 e. The van der Waals surface area contributed by atoms with E-state index >= 15 is 0 Å². The zero-order valence-corrected chi connectivity index (χ0v) is 9.26. The van der Waals surface area contributed by atoms with Crippen LogP contribution in [0.2, 0.25) is 0 Å². The van der Waals surface area contributed by atoms with E-state index in [1.165, 1.54) is 12.7 Å². The van der Waals surface area contributed by atoms with Crippen molar-refractivity contribution in [2.24, 2.45) is 11.5 Å². The Morgan fingerprint density at radius 1 is 1.21 bits per heavy atom. The zero-order chi connectivity index (χ0) is 10.8. The molecule has 1 heterocycles. The highest BCUT2D eigenvalue weighted by atomic mass is 35.5. The Labute approximate surface area is 95.8 Å². The van der Waals surface area contributed by atoms with Gasteiger partial charge in [-0.1, -0.05) is 34.8 Å². The van der Waals surface area contributed by atoms with Crippen molar-refractivity contribution in [3.8, 4) is 0 Å². The van der Waals surface area contributed by atoms with E-state index < -0.39 is 9.33 Å². The van der Waals surface area contributed by atoms with E-state index in [1.54, 1.807) is 0 Å². The first-order valence-corrected chi connectivity index (χ1v) is 4.73. The third-order valence-corrected chi connectivity index (χ3v) is 3.24. The number of aromatic nitrogens is 3. The van der Waals surface area contributed by atoms with Crippen molar-refractivity contribution >= 4 is 34.8 Å². The third kappa shape index (κ3) is 2.07. The molecule has 1 atom stereocenters. The number of hydrogen-bond acceptors (Lipinski definition) is 5. The van der Waals surface area contributed by atoms with Gasteiger partial charge in [0.15, 0.2) is 5.82 Å². The molecule has 0 aliphatic heterocycles. The first-order chi connectivity index (χ1) is 6.42. The SMILES string of the molecule is NCC(N)(Cl)C(Cl)(Cl)c1ncncn1. The zero-order valence-electron chi connectivity index (χ0n) is 6.99. The van der Waals surface area contributed by atoms with Crippen LogP contribution < -0.4 is 11.5 Å². The summed E-state index contributed by atoms with van der Waals surface area (Å²) in [6.45, 7) is -0.118. The molecule has 1 unspecified atom stereocenters. The fourth-order valence-electron chi connectivity index (χ4n) is 0.715. The monoisotopic (exact) mass is 255 g/mol. The lowest BCUT2D eigenvalue weighted by Crippen LogP contribution is -2.53. The highest BCUT2D eigenvalue weighted by Gasteiger charge is 2.48. The number of alkyl halides is 3. The molecule has 8 heteroatoms. The summed E-state index contributed by atoms with van der Waals surface area (Å²) in [4.78, 5) is 9.60. The molecule has 78 valence electrons. The largest absolute Gasteiger partial charge is 0.328 e. The molecule has 0 saturated carbocycles. The van der Waals surface area contributed by atoms with Crippen LogP contribution in [-0.4, -0.2) is 26.5 Å². The van der Waals surface area contributed by atoms with Crippen LogP contribution in [0.15, 0.2) is 12.7 Å². The van der Waals surface area contributed by atoms with Crippen LogP contribution in [0, 0.1) is 0 Å². The van der Waals surface area contributed by atoms with Gasteiger partial charge < -0.3 is 11.5 Å². The van der Waals surface area contributed by atoms with E-state index in [-0.39, 0.29) is 12.4 Å². The normalized spacial score (nSPS) is 16.4. The molecular formula is C6H8Cl3N5. The van der Waals surface area contributed by atoms with Crippen molar-refractivity contribution in [2.45, 2.75) is 9.33 Å². The number of nitrogens with two attached hydrogens (primary N) is 2. The Kier molecular flexibility index (Phi) is 3.49. The first kappa shape index (κ1) is 11.9. The molecule has 0 radical (unpaired) electrons. The van der Waals surface area contributed by atoms with Crippen LogP contribution in [0.3, 0.4) is 0 Å². The lowest BCUT2D eigenvalue weighted by molar-refractivity contribution is 0.522. The molecule has 0 aromatic carbocycles. The van der Waals surface area contributed by atoms with Crippen molar-refractivity contribution in [3.05, 3.63) is 18.5 Å². The van der Waals surface area contributed by atoms with Gasteiger partial charge >= 0.3 is 0 Å². The maximum absolute atomic E-state index is 5.93. The van der Waals surface area contributed by atoms with E-state index in [2.05, 4.69) is 15.0 Å². The molecule has 0 fully saturated rings. The molecule has 5 nitrogen and oxygen atoms in total. The molecule has 1 aromatic rings. The van der Waals surface area contributed by atoms with Gasteiger partial charge in [-0.3, -0.25) is 0 Å². The second kappa shape index (κ2) is 4.12. The number of nitrogens with zero attached hydrogens (tertiary/aromatic N) is 3. The van der Waals surface area contributed by atoms with Crippen molar-refractivity contribution in [3.63, 3.8) is 0 Å². The summed E-state index contributed by atoms with van der Waals surface area (Å²) < 4.78 is -1.66. The van der Waals surface area contributed by atoms with E-state index in [4.69, 9.17) is 46.3 Å². The van der Waals surface area contributed by atoms with E-state index in [1.807, 2.05) is 0 Å². The van der Waals surface area contributed by atoms with Crippen LogP contribution in [0.1, 0.15) is 5.82 Å². The lowest BCUT2D eigenvalue weighted by atomic mass is 10.2. The first-order valence-electron chi connectivity index (χ1n) is 3.60. The smallest absolute Gasteiger partial charge is 0.209 e. The van der Waals surface area contributed by atoms with Crippen LogP contribution in [0.25, 0.3) is 0 Å². The van der Waals surface area contributed by atoms with Gasteiger partial charge in [0.1, 0.15) is 17.7 Å². The van der Waals surface area contributed by atoms with Gasteiger partial charge in [-0.2, -0.15) is 0 Å². The molecule has 4 N–H and O–H groups in total. The number of hydrogen-bond donors (Lipinski definition) is 2. The minimum atomic E-state index is -1.66. The minimum Gasteiger partial charge on any atom is -0.328 e. The van der Waals surface area contributed by atoms with Crippen LogP contribution in [0.4, 0.5) is 0 Å². The molecule has 0 saturated heterocycles. The van der Waals surface area contributed by atoms with Gasteiger partial charge in [0.05, 0.1) is 0 Å². The van der Waals surface area contributed by atoms with Gasteiger partial charge in [-0.25, -0.2) is 15.0 Å². The average Bonchev–Trinajstić information content (AvgIpc) is 2.19. The second-order valence-corrected chi connectivity index (χ2v) is 4.60. The summed E-state index contributed by atoms with van der Waals surface area (Å²) in [7, 11) is 0. The van der Waals surface area contributed by atoms with Crippen LogP contribution in [0.5, 0.6) is 0 Å². The second-order valence-electron chi connectivity index (χ2n) is 2.60. The van der Waals surface area contributed by atoms with Crippen molar-refractivity contribution in [1.29, 1.82) is 0 Å². The summed E-state index contributed by atoms with van der Waals surface area (Å²) >= 11 is 17.7. The highest BCUT2D eigenvalue weighted by molar-refractivity contribution is 6.52. The number of halogens is 3. The van der Waals surface area contributed by atoms with Crippen molar-refractivity contribution in [1.82, 2.24) is 15.0 Å². The molecule has 0 aliphatic rings. The minimum absolute atomic E-state index is 0.0683. The standard InChI is InChI=1S/C6H8Cl3N5/c7-5(11,1-10)6(8,9)4-13-2-12-3-14-4/h2-3H,1,10-11H2.